The first-order valence-corrected chi connectivity index (χ1v) is 4.18. The van der Waals surface area contributed by atoms with Crippen molar-refractivity contribution in [3.63, 3.8) is 0 Å². The van der Waals surface area contributed by atoms with Crippen molar-refractivity contribution in [3.8, 4) is 0 Å². The highest BCUT2D eigenvalue weighted by Crippen LogP contribution is 2.00. The Morgan fingerprint density at radius 3 is 2.36 bits per heavy atom. The molecule has 0 unspecified atom stereocenters. The molecule has 2 heteroatoms. The lowest BCUT2D eigenvalue weighted by Gasteiger charge is -1.91. The van der Waals surface area contributed by atoms with Crippen LogP contribution in [0.2, 0.25) is 0 Å². The molecule has 2 nitrogen and oxygen atoms in total. The molecule has 0 atom stereocenters. The van der Waals surface area contributed by atoms with E-state index in [0.717, 1.165) is 5.56 Å². The molecular weight excluding hydrogens is 176 g/mol. The fraction of sp³-hybridized carbons (Fsp3) is 0.0833. The molecule has 0 saturated heterocycles. The molecule has 0 spiro atoms. The summed E-state index contributed by atoms with van der Waals surface area (Å²) in [5.74, 6) is -0.304. The number of rotatable bonds is 2. The van der Waals surface area contributed by atoms with Crippen molar-refractivity contribution >= 4 is 12.0 Å². The van der Waals surface area contributed by atoms with Gasteiger partial charge in [0.1, 0.15) is 0 Å². The monoisotopic (exact) mass is 190 g/mol. The normalized spacial score (nSPS) is 8.93. The first-order chi connectivity index (χ1) is 6.79. The summed E-state index contributed by atoms with van der Waals surface area (Å²) < 4.78 is 4.63. The first-order valence-electron chi connectivity index (χ1n) is 4.18. The van der Waals surface area contributed by atoms with E-state index in [0.29, 0.717) is 0 Å². The Labute approximate surface area is 84.5 Å². The Morgan fingerprint density at radius 1 is 1.29 bits per heavy atom. The molecule has 1 aromatic carbocycles. The molecule has 1 rings (SSSR count). The zero-order valence-electron chi connectivity index (χ0n) is 8.27. The maximum atomic E-state index is 10.4. The highest BCUT2D eigenvalue weighted by Gasteiger charge is 1.85. The van der Waals surface area contributed by atoms with Crippen LogP contribution in [0.1, 0.15) is 12.5 Å². The topological polar surface area (TPSA) is 26.3 Å². The summed E-state index contributed by atoms with van der Waals surface area (Å²) in [6, 6.07) is 9.64. The van der Waals surface area contributed by atoms with Gasteiger partial charge in [0, 0.05) is 6.92 Å². The van der Waals surface area contributed by atoms with E-state index in [4.69, 9.17) is 0 Å². The first kappa shape index (κ1) is 12.2. The van der Waals surface area contributed by atoms with Crippen LogP contribution < -0.4 is 0 Å². The molecule has 74 valence electrons. The van der Waals surface area contributed by atoms with Crippen molar-refractivity contribution in [2.45, 2.75) is 6.92 Å². The van der Waals surface area contributed by atoms with Crippen molar-refractivity contribution in [2.75, 3.05) is 0 Å². The van der Waals surface area contributed by atoms with Gasteiger partial charge >= 0.3 is 5.97 Å². The molecular formula is C12H14O2. The van der Waals surface area contributed by atoms with Crippen LogP contribution in [-0.4, -0.2) is 5.97 Å². The number of carbonyl (C=O) groups excluding carboxylic acids is 1. The molecule has 0 aliphatic rings. The van der Waals surface area contributed by atoms with Gasteiger partial charge in [0.2, 0.25) is 0 Å². The summed E-state index contributed by atoms with van der Waals surface area (Å²) in [6.45, 7) is 7.37. The SMILES string of the molecule is C=C.CC(=O)OC=Cc1ccccc1. The van der Waals surface area contributed by atoms with E-state index < -0.39 is 0 Å². The second-order valence-corrected chi connectivity index (χ2v) is 2.32. The third-order valence-electron chi connectivity index (χ3n) is 1.29. The summed E-state index contributed by atoms with van der Waals surface area (Å²) >= 11 is 0. The molecule has 0 aromatic heterocycles. The number of ether oxygens (including phenoxy) is 1. The van der Waals surface area contributed by atoms with Crippen molar-refractivity contribution in [1.82, 2.24) is 0 Å². The van der Waals surface area contributed by atoms with Gasteiger partial charge in [-0.3, -0.25) is 4.79 Å². The molecule has 1 aromatic rings. The molecule has 0 amide bonds. The van der Waals surface area contributed by atoms with Gasteiger partial charge in [-0.1, -0.05) is 30.3 Å². The molecule has 0 saturated carbocycles. The van der Waals surface area contributed by atoms with Crippen molar-refractivity contribution in [3.05, 3.63) is 55.3 Å². The van der Waals surface area contributed by atoms with Crippen LogP contribution in [0, 0.1) is 0 Å². The van der Waals surface area contributed by atoms with Crippen LogP contribution in [0.4, 0.5) is 0 Å². The molecule has 0 heterocycles. The van der Waals surface area contributed by atoms with E-state index >= 15 is 0 Å². The van der Waals surface area contributed by atoms with Gasteiger partial charge in [-0.2, -0.15) is 0 Å². The zero-order valence-corrected chi connectivity index (χ0v) is 8.27. The van der Waals surface area contributed by atoms with Gasteiger partial charge in [0.25, 0.3) is 0 Å². The van der Waals surface area contributed by atoms with Gasteiger partial charge < -0.3 is 4.74 Å². The summed E-state index contributed by atoms with van der Waals surface area (Å²) in [5, 5.41) is 0. The molecule has 0 fully saturated rings. The number of carbonyl (C=O) groups is 1. The predicted molar refractivity (Wildman–Crippen MR) is 58.5 cm³/mol. The largest absolute Gasteiger partial charge is 0.435 e. The highest BCUT2D eigenvalue weighted by molar-refractivity contribution is 5.67. The molecule has 14 heavy (non-hydrogen) atoms. The Hall–Kier alpha value is -1.83. The van der Waals surface area contributed by atoms with Crippen LogP contribution in [0.25, 0.3) is 6.08 Å². The molecule has 0 N–H and O–H groups in total. The van der Waals surface area contributed by atoms with Crippen molar-refractivity contribution in [1.29, 1.82) is 0 Å². The van der Waals surface area contributed by atoms with Crippen molar-refractivity contribution in [2.24, 2.45) is 0 Å². The average molecular weight is 190 g/mol. The maximum absolute atomic E-state index is 10.4. The van der Waals surface area contributed by atoms with E-state index in [9.17, 15) is 4.79 Å². The lowest BCUT2D eigenvalue weighted by molar-refractivity contribution is -0.135. The standard InChI is InChI=1S/C10H10O2.C2H4/c1-9(11)12-8-7-10-5-3-2-4-6-10;1-2/h2-8H,1H3;1-2H2. The summed E-state index contributed by atoms with van der Waals surface area (Å²) in [7, 11) is 0. The van der Waals surface area contributed by atoms with E-state index in [1.165, 1.54) is 13.2 Å². The molecule has 0 bridgehead atoms. The minimum absolute atomic E-state index is 0.304. The van der Waals surface area contributed by atoms with Crippen LogP contribution >= 0.6 is 0 Å². The van der Waals surface area contributed by atoms with Crippen LogP contribution in [-0.2, 0) is 9.53 Å². The Bertz CT molecular complexity index is 288. The zero-order chi connectivity index (χ0) is 10.8. The number of benzene rings is 1. The Balaban J connectivity index is 0.000000791. The van der Waals surface area contributed by atoms with E-state index in [1.54, 1.807) is 6.08 Å². The van der Waals surface area contributed by atoms with E-state index in [2.05, 4.69) is 17.9 Å². The van der Waals surface area contributed by atoms with Crippen molar-refractivity contribution < 1.29 is 9.53 Å². The van der Waals surface area contributed by atoms with Crippen LogP contribution in [0.5, 0.6) is 0 Å². The summed E-state index contributed by atoms with van der Waals surface area (Å²) in [6.07, 6.45) is 3.12. The number of hydrogen-bond donors (Lipinski definition) is 0. The third kappa shape index (κ3) is 5.77. The summed E-state index contributed by atoms with van der Waals surface area (Å²) in [5.41, 5.74) is 1.01. The van der Waals surface area contributed by atoms with Gasteiger partial charge in [-0.05, 0) is 11.6 Å². The molecule has 0 radical (unpaired) electrons. The number of hydrogen-bond acceptors (Lipinski definition) is 2. The third-order valence-corrected chi connectivity index (χ3v) is 1.29. The molecule has 0 aliphatic heterocycles. The van der Waals surface area contributed by atoms with Crippen LogP contribution in [0.3, 0.4) is 0 Å². The smallest absolute Gasteiger partial charge is 0.307 e. The number of esters is 1. The van der Waals surface area contributed by atoms with E-state index in [1.807, 2.05) is 30.3 Å². The fourth-order valence-corrected chi connectivity index (χ4v) is 0.773. The quantitative estimate of drug-likeness (QED) is 0.407. The van der Waals surface area contributed by atoms with E-state index in [-0.39, 0.29) is 5.97 Å². The molecule has 0 aliphatic carbocycles. The predicted octanol–water partition coefficient (Wildman–Crippen LogP) is 3.02. The van der Waals surface area contributed by atoms with Gasteiger partial charge in [0.15, 0.2) is 0 Å². The second kappa shape index (κ2) is 7.80. The van der Waals surface area contributed by atoms with Gasteiger partial charge in [-0.25, -0.2) is 0 Å². The second-order valence-electron chi connectivity index (χ2n) is 2.32. The van der Waals surface area contributed by atoms with Gasteiger partial charge in [0.05, 0.1) is 6.26 Å². The minimum atomic E-state index is -0.304. The Kier molecular flexibility index (Phi) is 6.78. The lowest BCUT2D eigenvalue weighted by Crippen LogP contribution is -1.88. The highest BCUT2D eigenvalue weighted by atomic mass is 16.5. The Morgan fingerprint density at radius 2 is 1.86 bits per heavy atom. The van der Waals surface area contributed by atoms with Crippen LogP contribution in [0.15, 0.2) is 49.8 Å². The average Bonchev–Trinajstić information content (AvgIpc) is 2.22. The maximum Gasteiger partial charge on any atom is 0.307 e. The minimum Gasteiger partial charge on any atom is -0.435 e. The lowest BCUT2D eigenvalue weighted by atomic mass is 10.2. The van der Waals surface area contributed by atoms with Gasteiger partial charge in [-0.15, -0.1) is 13.2 Å². The summed E-state index contributed by atoms with van der Waals surface area (Å²) in [4.78, 5) is 10.4. The fourth-order valence-electron chi connectivity index (χ4n) is 0.773.